The Hall–Kier alpha value is -2.83. The molecule has 3 unspecified atom stereocenters. The fraction of sp³-hybridized carbons (Fsp3) is 0.484. The zero-order valence-electron chi connectivity index (χ0n) is 21.6. The van der Waals surface area contributed by atoms with Crippen LogP contribution in [0.5, 0.6) is 0 Å². The second-order valence-corrected chi connectivity index (χ2v) is 11.2. The maximum absolute atomic E-state index is 15.6. The van der Waals surface area contributed by atoms with Crippen molar-refractivity contribution in [3.8, 4) is 0 Å². The van der Waals surface area contributed by atoms with Crippen molar-refractivity contribution in [2.24, 2.45) is 5.92 Å². The molecule has 5 nitrogen and oxygen atoms in total. The van der Waals surface area contributed by atoms with E-state index in [0.717, 1.165) is 53.1 Å². The summed E-state index contributed by atoms with van der Waals surface area (Å²) in [6.45, 7) is 4.73. The number of fused-ring (bicyclic) bond motifs is 3. The molecule has 2 fully saturated rings. The monoisotopic (exact) mass is 501 g/mol. The van der Waals surface area contributed by atoms with E-state index in [1.165, 1.54) is 0 Å². The van der Waals surface area contributed by atoms with E-state index >= 15 is 4.39 Å². The van der Waals surface area contributed by atoms with Crippen molar-refractivity contribution in [3.63, 3.8) is 0 Å². The lowest BCUT2D eigenvalue weighted by Gasteiger charge is -2.38. The number of likely N-dealkylation sites (tertiary alicyclic amines) is 1. The third kappa shape index (κ3) is 4.44. The van der Waals surface area contributed by atoms with Crippen molar-refractivity contribution >= 4 is 16.7 Å². The van der Waals surface area contributed by atoms with E-state index in [2.05, 4.69) is 35.0 Å². The van der Waals surface area contributed by atoms with Gasteiger partial charge in [-0.1, -0.05) is 43.7 Å². The maximum atomic E-state index is 15.6. The molecule has 2 aromatic carbocycles. The van der Waals surface area contributed by atoms with Gasteiger partial charge in [-0.3, -0.25) is 14.7 Å². The van der Waals surface area contributed by atoms with Crippen molar-refractivity contribution in [2.75, 3.05) is 13.1 Å². The number of alkyl halides is 1. The van der Waals surface area contributed by atoms with Crippen LogP contribution in [0.15, 0.2) is 54.7 Å². The molecule has 194 valence electrons. The van der Waals surface area contributed by atoms with Gasteiger partial charge in [-0.2, -0.15) is 0 Å². The van der Waals surface area contributed by atoms with Gasteiger partial charge >= 0.3 is 0 Å². The largest absolute Gasteiger partial charge is 0.391 e. The van der Waals surface area contributed by atoms with Crippen molar-refractivity contribution in [1.82, 2.24) is 14.8 Å². The van der Waals surface area contributed by atoms with Gasteiger partial charge in [-0.05, 0) is 78.1 Å². The zero-order valence-corrected chi connectivity index (χ0v) is 21.6. The number of pyridine rings is 1. The van der Waals surface area contributed by atoms with E-state index in [9.17, 15) is 9.90 Å². The van der Waals surface area contributed by atoms with Crippen LogP contribution in [0.2, 0.25) is 0 Å². The average Bonchev–Trinajstić information content (AvgIpc) is 3.27. The van der Waals surface area contributed by atoms with Gasteiger partial charge in [0.2, 0.25) is 0 Å². The zero-order chi connectivity index (χ0) is 25.6. The molecule has 37 heavy (non-hydrogen) atoms. The summed E-state index contributed by atoms with van der Waals surface area (Å²) in [4.78, 5) is 22.2. The third-order valence-electron chi connectivity index (χ3n) is 9.10. The molecule has 6 rings (SSSR count). The topological polar surface area (TPSA) is 56.7 Å². The Labute approximate surface area is 218 Å². The van der Waals surface area contributed by atoms with Gasteiger partial charge in [0.05, 0.1) is 17.8 Å². The molecule has 0 radical (unpaired) electrons. The van der Waals surface area contributed by atoms with Crippen molar-refractivity contribution in [1.29, 1.82) is 0 Å². The number of nitrogens with zero attached hydrogens (tertiary/aromatic N) is 3. The van der Waals surface area contributed by atoms with Gasteiger partial charge in [0.1, 0.15) is 0 Å². The first-order valence-corrected chi connectivity index (χ1v) is 13.8. The van der Waals surface area contributed by atoms with Crippen LogP contribution < -0.4 is 0 Å². The lowest BCUT2D eigenvalue weighted by molar-refractivity contribution is 0.00595. The predicted octanol–water partition coefficient (Wildman–Crippen LogP) is 5.59. The second kappa shape index (κ2) is 9.80. The summed E-state index contributed by atoms with van der Waals surface area (Å²) in [5, 5.41) is 13.1. The standard InChI is InChI=1S/C31H36FN3O2/c1-2-21-10-11-28(36)27(17-21)35-20-26-24-8-4-3-7-23(24)22(18-25(26)30(35)37)19-34-15-12-31(32,13-16-34)29-9-5-6-14-33-29/h3-9,14,18,21,27-28,36H,2,10-13,15-17,19-20H2,1H3. The molecule has 6 heteroatoms. The Morgan fingerprint density at radius 3 is 2.57 bits per heavy atom. The molecular weight excluding hydrogens is 465 g/mol. The Bertz CT molecular complexity index is 1290. The van der Waals surface area contributed by atoms with E-state index in [0.29, 0.717) is 50.6 Å². The summed E-state index contributed by atoms with van der Waals surface area (Å²) < 4.78 is 15.6. The molecule has 0 bridgehead atoms. The first-order chi connectivity index (χ1) is 18.0. The normalized spacial score (nSPS) is 26.0. The number of aliphatic hydroxyl groups excluding tert-OH is 1. The van der Waals surface area contributed by atoms with E-state index in [1.54, 1.807) is 12.3 Å². The number of benzene rings is 2. The molecular formula is C31H36FN3O2. The van der Waals surface area contributed by atoms with E-state index in [1.807, 2.05) is 29.2 Å². The van der Waals surface area contributed by atoms with Crippen LogP contribution in [0.25, 0.3) is 10.8 Å². The third-order valence-corrected chi connectivity index (χ3v) is 9.10. The predicted molar refractivity (Wildman–Crippen MR) is 143 cm³/mol. The van der Waals surface area contributed by atoms with Crippen LogP contribution in [0.1, 0.15) is 72.6 Å². The Kier molecular flexibility index (Phi) is 6.49. The minimum Gasteiger partial charge on any atom is -0.391 e. The molecule has 3 aliphatic rings. The van der Waals surface area contributed by atoms with E-state index in [4.69, 9.17) is 0 Å². The SMILES string of the molecule is CCC1CCC(O)C(N2Cc3c(cc(CN4CCC(F)(c5ccccn5)CC4)c4ccccc34)C2=O)C1. The van der Waals surface area contributed by atoms with Crippen molar-refractivity contribution in [3.05, 3.63) is 77.1 Å². The summed E-state index contributed by atoms with van der Waals surface area (Å²) in [6.07, 6.45) is 5.79. The molecule has 3 heterocycles. The summed E-state index contributed by atoms with van der Waals surface area (Å²) >= 11 is 0. The lowest BCUT2D eigenvalue weighted by Crippen LogP contribution is -2.47. The minimum atomic E-state index is -1.38. The fourth-order valence-electron chi connectivity index (χ4n) is 6.78. The summed E-state index contributed by atoms with van der Waals surface area (Å²) in [5.74, 6) is 0.601. The molecule has 2 aliphatic heterocycles. The lowest BCUT2D eigenvalue weighted by atomic mass is 9.81. The first-order valence-electron chi connectivity index (χ1n) is 13.8. The number of carbonyl (C=O) groups excluding carboxylic acids is 1. The number of hydrogen-bond acceptors (Lipinski definition) is 4. The molecule has 1 aliphatic carbocycles. The van der Waals surface area contributed by atoms with Gasteiger partial charge in [-0.15, -0.1) is 0 Å². The molecule has 1 saturated heterocycles. The molecule has 3 atom stereocenters. The maximum Gasteiger partial charge on any atom is 0.254 e. The van der Waals surface area contributed by atoms with Gasteiger partial charge in [0.25, 0.3) is 5.91 Å². The summed E-state index contributed by atoms with van der Waals surface area (Å²) in [7, 11) is 0. The summed E-state index contributed by atoms with van der Waals surface area (Å²) in [6, 6.07) is 15.7. The first kappa shape index (κ1) is 24.5. The van der Waals surface area contributed by atoms with Crippen LogP contribution in [0.4, 0.5) is 4.39 Å². The number of hydrogen-bond donors (Lipinski definition) is 1. The van der Waals surface area contributed by atoms with E-state index < -0.39 is 11.8 Å². The Balaban J connectivity index is 1.25. The smallest absolute Gasteiger partial charge is 0.254 e. The van der Waals surface area contributed by atoms with Crippen LogP contribution in [-0.4, -0.2) is 51.0 Å². The highest BCUT2D eigenvalue weighted by atomic mass is 19.1. The van der Waals surface area contributed by atoms with Crippen LogP contribution in [0, 0.1) is 5.92 Å². The number of rotatable bonds is 5. The highest BCUT2D eigenvalue weighted by molar-refractivity contribution is 6.05. The number of aromatic nitrogens is 1. The average molecular weight is 502 g/mol. The second-order valence-electron chi connectivity index (χ2n) is 11.2. The fourth-order valence-corrected chi connectivity index (χ4v) is 6.78. The van der Waals surface area contributed by atoms with Gasteiger partial charge in [-0.25, -0.2) is 4.39 Å². The van der Waals surface area contributed by atoms with Crippen LogP contribution in [0.3, 0.4) is 0 Å². The number of halogens is 1. The van der Waals surface area contributed by atoms with Crippen LogP contribution in [-0.2, 0) is 18.8 Å². The molecule has 1 aromatic heterocycles. The van der Waals surface area contributed by atoms with E-state index in [-0.39, 0.29) is 11.9 Å². The number of aliphatic hydroxyl groups is 1. The van der Waals surface area contributed by atoms with Crippen molar-refractivity contribution in [2.45, 2.75) is 76.4 Å². The van der Waals surface area contributed by atoms with Crippen LogP contribution >= 0.6 is 0 Å². The molecule has 1 amide bonds. The highest BCUT2D eigenvalue weighted by Gasteiger charge is 2.41. The summed E-state index contributed by atoms with van der Waals surface area (Å²) in [5.41, 5.74) is 2.10. The molecule has 1 saturated carbocycles. The van der Waals surface area contributed by atoms with Gasteiger partial charge < -0.3 is 10.0 Å². The molecule has 0 spiro atoms. The quantitative estimate of drug-likeness (QED) is 0.495. The molecule has 1 N–H and O–H groups in total. The van der Waals surface area contributed by atoms with Gasteiger partial charge in [0.15, 0.2) is 5.67 Å². The van der Waals surface area contributed by atoms with Crippen molar-refractivity contribution < 1.29 is 14.3 Å². The Morgan fingerprint density at radius 1 is 1.08 bits per heavy atom. The number of piperidine rings is 1. The Morgan fingerprint density at radius 2 is 1.84 bits per heavy atom. The number of carbonyl (C=O) groups is 1. The highest BCUT2D eigenvalue weighted by Crippen LogP contribution is 2.40. The van der Waals surface area contributed by atoms with Gasteiger partial charge in [0, 0.05) is 37.9 Å². The molecule has 3 aromatic rings. The number of amides is 1. The minimum absolute atomic E-state index is 0.0411.